The van der Waals surface area contributed by atoms with Crippen LogP contribution in [0.15, 0.2) is 48.5 Å². The predicted octanol–water partition coefficient (Wildman–Crippen LogP) is 5.54. The Bertz CT molecular complexity index is 942. The molecule has 0 aliphatic carbocycles. The van der Waals surface area contributed by atoms with E-state index in [1.165, 1.54) is 32.1 Å². The molecule has 0 saturated carbocycles. The highest BCUT2D eigenvalue weighted by Gasteiger charge is 2.23. The summed E-state index contributed by atoms with van der Waals surface area (Å²) < 4.78 is 52.6. The standard InChI is InChI=1S/C22H32O8P2/c1-17(2)29-22-13-19(11-12-21(22)23)30-20(15-26-31(3,4)24)16-28-32(5,25)27-14-18-9-7-6-8-10-18/h6-13,17,20,23H,14-16H2,1-5H3. The lowest BCUT2D eigenvalue weighted by atomic mass is 10.2. The summed E-state index contributed by atoms with van der Waals surface area (Å²) in [7, 11) is -6.16. The fourth-order valence-electron chi connectivity index (χ4n) is 2.51. The van der Waals surface area contributed by atoms with Crippen LogP contribution < -0.4 is 9.47 Å². The molecule has 2 rings (SSSR count). The number of ether oxygens (including phenoxy) is 2. The quantitative estimate of drug-likeness (QED) is 0.369. The zero-order chi connectivity index (χ0) is 23.8. The highest BCUT2D eigenvalue weighted by molar-refractivity contribution is 7.57. The molecule has 178 valence electrons. The fraction of sp³-hybridized carbons (Fsp3) is 0.455. The van der Waals surface area contributed by atoms with E-state index in [-0.39, 0.29) is 37.4 Å². The number of benzene rings is 2. The first-order valence-electron chi connectivity index (χ1n) is 10.2. The fourth-order valence-corrected chi connectivity index (χ4v) is 3.93. The van der Waals surface area contributed by atoms with Gasteiger partial charge < -0.3 is 28.2 Å². The van der Waals surface area contributed by atoms with Crippen molar-refractivity contribution in [2.45, 2.75) is 32.7 Å². The SMILES string of the molecule is CC(C)Oc1cc(OC(COP(C)(C)=O)COP(C)(=O)OCc2ccccc2)ccc1O. The maximum Gasteiger partial charge on any atom is 0.328 e. The van der Waals surface area contributed by atoms with Gasteiger partial charge in [-0.2, -0.15) is 0 Å². The summed E-state index contributed by atoms with van der Waals surface area (Å²) in [5, 5.41) is 9.97. The Kier molecular flexibility index (Phi) is 9.81. The van der Waals surface area contributed by atoms with Crippen molar-refractivity contribution < 1.29 is 37.3 Å². The molecular formula is C22H32O8P2. The first-order chi connectivity index (χ1) is 14.9. The van der Waals surface area contributed by atoms with Crippen LogP contribution in [-0.4, -0.2) is 50.5 Å². The molecule has 0 radical (unpaired) electrons. The van der Waals surface area contributed by atoms with Crippen LogP contribution in [0.5, 0.6) is 17.2 Å². The van der Waals surface area contributed by atoms with E-state index < -0.39 is 21.1 Å². The monoisotopic (exact) mass is 486 g/mol. The Morgan fingerprint density at radius 2 is 1.53 bits per heavy atom. The molecule has 8 nitrogen and oxygen atoms in total. The molecule has 0 heterocycles. The lowest BCUT2D eigenvalue weighted by Crippen LogP contribution is -2.28. The summed E-state index contributed by atoms with van der Waals surface area (Å²) in [5.41, 5.74) is 0.869. The van der Waals surface area contributed by atoms with Crippen molar-refractivity contribution >= 4 is 15.0 Å². The molecule has 2 unspecified atom stereocenters. The van der Waals surface area contributed by atoms with E-state index in [9.17, 15) is 14.2 Å². The minimum atomic E-state index is -3.39. The molecule has 0 amide bonds. The third-order valence-electron chi connectivity index (χ3n) is 3.97. The Balaban J connectivity index is 2.04. The summed E-state index contributed by atoms with van der Waals surface area (Å²) in [4.78, 5) is 0. The summed E-state index contributed by atoms with van der Waals surface area (Å²) in [6, 6.07) is 13.9. The highest BCUT2D eigenvalue weighted by Crippen LogP contribution is 2.45. The molecule has 0 spiro atoms. The van der Waals surface area contributed by atoms with Crippen molar-refractivity contribution in [3.8, 4) is 17.2 Å². The normalized spacial score (nSPS) is 14.7. The van der Waals surface area contributed by atoms with Gasteiger partial charge in [-0.1, -0.05) is 30.3 Å². The van der Waals surface area contributed by atoms with Crippen LogP contribution in [0.2, 0.25) is 0 Å². The second-order valence-electron chi connectivity index (χ2n) is 7.91. The van der Waals surface area contributed by atoms with Gasteiger partial charge in [-0.3, -0.25) is 9.13 Å². The lowest BCUT2D eigenvalue weighted by Gasteiger charge is -2.23. The van der Waals surface area contributed by atoms with Crippen LogP contribution in [0.25, 0.3) is 0 Å². The first kappa shape index (κ1) is 26.4. The van der Waals surface area contributed by atoms with Crippen molar-refractivity contribution in [1.82, 2.24) is 0 Å². The molecule has 32 heavy (non-hydrogen) atoms. The van der Waals surface area contributed by atoms with E-state index in [1.54, 1.807) is 6.07 Å². The molecule has 0 bridgehead atoms. The van der Waals surface area contributed by atoms with Gasteiger partial charge in [0.15, 0.2) is 18.9 Å². The molecule has 2 aromatic carbocycles. The Morgan fingerprint density at radius 1 is 0.875 bits per heavy atom. The average Bonchev–Trinajstić information content (AvgIpc) is 2.71. The van der Waals surface area contributed by atoms with Crippen molar-refractivity contribution in [1.29, 1.82) is 0 Å². The van der Waals surface area contributed by atoms with Gasteiger partial charge in [0.25, 0.3) is 0 Å². The van der Waals surface area contributed by atoms with Gasteiger partial charge in [0.2, 0.25) is 0 Å². The van der Waals surface area contributed by atoms with E-state index >= 15 is 0 Å². The molecule has 2 aromatic rings. The number of rotatable bonds is 13. The van der Waals surface area contributed by atoms with E-state index in [2.05, 4.69) is 0 Å². The number of aromatic hydroxyl groups is 1. The minimum absolute atomic E-state index is 0.0194. The third kappa shape index (κ3) is 10.2. The van der Waals surface area contributed by atoms with Crippen molar-refractivity contribution in [2.75, 3.05) is 33.2 Å². The Hall–Kier alpha value is -1.82. The maximum absolute atomic E-state index is 12.7. The van der Waals surface area contributed by atoms with E-state index in [0.29, 0.717) is 5.75 Å². The van der Waals surface area contributed by atoms with Gasteiger partial charge >= 0.3 is 7.60 Å². The molecular weight excluding hydrogens is 454 g/mol. The molecule has 0 aliphatic rings. The van der Waals surface area contributed by atoms with Crippen LogP contribution >= 0.6 is 15.0 Å². The third-order valence-corrected chi connectivity index (χ3v) is 5.96. The number of phenolic OH excluding ortho intramolecular Hbond substituents is 1. The molecule has 0 aromatic heterocycles. The van der Waals surface area contributed by atoms with Crippen LogP contribution in [0.4, 0.5) is 0 Å². The number of hydrogen-bond donors (Lipinski definition) is 1. The molecule has 2 atom stereocenters. The van der Waals surface area contributed by atoms with Crippen molar-refractivity contribution in [3.05, 3.63) is 54.1 Å². The van der Waals surface area contributed by atoms with Crippen molar-refractivity contribution in [2.24, 2.45) is 0 Å². The molecule has 0 aliphatic heterocycles. The van der Waals surface area contributed by atoms with E-state index in [4.69, 9.17) is 23.0 Å². The zero-order valence-electron chi connectivity index (χ0n) is 19.1. The van der Waals surface area contributed by atoms with Crippen molar-refractivity contribution in [3.63, 3.8) is 0 Å². The Labute approximate surface area is 189 Å². The van der Waals surface area contributed by atoms with Gasteiger partial charge in [-0.15, -0.1) is 0 Å². The Morgan fingerprint density at radius 3 is 2.16 bits per heavy atom. The lowest BCUT2D eigenvalue weighted by molar-refractivity contribution is 0.0727. The first-order valence-corrected chi connectivity index (χ1v) is 14.7. The maximum atomic E-state index is 12.7. The second-order valence-corrected chi connectivity index (χ2v) is 12.7. The predicted molar refractivity (Wildman–Crippen MR) is 124 cm³/mol. The molecule has 0 fully saturated rings. The molecule has 10 heteroatoms. The topological polar surface area (TPSA) is 101 Å². The second kappa shape index (κ2) is 11.9. The summed E-state index contributed by atoms with van der Waals surface area (Å²) in [6.07, 6.45) is -0.870. The van der Waals surface area contributed by atoms with Gasteiger partial charge in [0, 0.05) is 26.1 Å². The van der Waals surface area contributed by atoms with Crippen LogP contribution in [-0.2, 0) is 29.3 Å². The van der Waals surface area contributed by atoms with Gasteiger partial charge in [0.05, 0.1) is 25.9 Å². The largest absolute Gasteiger partial charge is 0.504 e. The van der Waals surface area contributed by atoms with Crippen LogP contribution in [0, 0.1) is 0 Å². The average molecular weight is 486 g/mol. The molecule has 1 N–H and O–H groups in total. The smallest absolute Gasteiger partial charge is 0.328 e. The summed E-state index contributed by atoms with van der Waals surface area (Å²) >= 11 is 0. The van der Waals surface area contributed by atoms with Gasteiger partial charge in [-0.25, -0.2) is 0 Å². The highest BCUT2D eigenvalue weighted by atomic mass is 31.2. The summed E-state index contributed by atoms with van der Waals surface area (Å²) in [5.74, 6) is 0.630. The van der Waals surface area contributed by atoms with E-state index in [1.807, 2.05) is 44.2 Å². The van der Waals surface area contributed by atoms with Crippen LogP contribution in [0.3, 0.4) is 0 Å². The van der Waals surface area contributed by atoms with E-state index in [0.717, 1.165) is 5.56 Å². The number of phenols is 1. The number of hydrogen-bond acceptors (Lipinski definition) is 8. The zero-order valence-corrected chi connectivity index (χ0v) is 20.9. The molecule has 0 saturated heterocycles. The van der Waals surface area contributed by atoms with Gasteiger partial charge in [0.1, 0.15) is 11.9 Å². The van der Waals surface area contributed by atoms with Crippen LogP contribution in [0.1, 0.15) is 19.4 Å². The summed E-state index contributed by atoms with van der Waals surface area (Å²) in [6.45, 7) is 8.02. The minimum Gasteiger partial charge on any atom is -0.504 e. The van der Waals surface area contributed by atoms with Gasteiger partial charge in [-0.05, 0) is 31.5 Å².